The van der Waals surface area contributed by atoms with E-state index in [0.717, 1.165) is 31.0 Å². The molecule has 0 bridgehead atoms. The van der Waals surface area contributed by atoms with E-state index in [1.54, 1.807) is 0 Å². The molecule has 0 radical (unpaired) electrons. The van der Waals surface area contributed by atoms with E-state index in [1.807, 2.05) is 6.07 Å². The summed E-state index contributed by atoms with van der Waals surface area (Å²) in [5.74, 6) is 0.253. The van der Waals surface area contributed by atoms with Gasteiger partial charge in [-0.3, -0.25) is 10.00 Å². The van der Waals surface area contributed by atoms with Crippen molar-refractivity contribution in [1.82, 2.24) is 15.1 Å². The average Bonchev–Trinajstić information content (AvgIpc) is 2.96. The molecule has 0 saturated heterocycles. The number of nitrogens with one attached hydrogen (secondary N) is 1. The van der Waals surface area contributed by atoms with Gasteiger partial charge in [-0.25, -0.2) is 0 Å². The normalized spacial score (nSPS) is 13.5. The number of aliphatic hydroxyl groups excluding tert-OH is 1. The van der Waals surface area contributed by atoms with Crippen LogP contribution < -0.4 is 0 Å². The molecule has 0 spiro atoms. The van der Waals surface area contributed by atoms with Crippen LogP contribution in [0.4, 0.5) is 0 Å². The summed E-state index contributed by atoms with van der Waals surface area (Å²) in [5.41, 5.74) is 3.55. The van der Waals surface area contributed by atoms with E-state index in [0.29, 0.717) is 0 Å². The van der Waals surface area contributed by atoms with Crippen molar-refractivity contribution >= 4 is 0 Å². The average molecular weight is 315 g/mol. The minimum absolute atomic E-state index is 0.0530. The Labute approximate surface area is 139 Å². The first-order valence-corrected chi connectivity index (χ1v) is 8.30. The highest BCUT2D eigenvalue weighted by molar-refractivity contribution is 5.17. The summed E-state index contributed by atoms with van der Waals surface area (Å²) in [6, 6.07) is 12.6. The first kappa shape index (κ1) is 17.7. The van der Waals surface area contributed by atoms with Crippen molar-refractivity contribution in [3.05, 3.63) is 53.3 Å². The first-order valence-electron chi connectivity index (χ1n) is 8.30. The molecule has 1 atom stereocenters. The molecule has 23 heavy (non-hydrogen) atoms. The molecule has 0 fully saturated rings. The van der Waals surface area contributed by atoms with E-state index in [1.165, 1.54) is 5.56 Å². The number of hydrogen-bond acceptors (Lipinski definition) is 3. The van der Waals surface area contributed by atoms with Gasteiger partial charge in [0.2, 0.25) is 0 Å². The summed E-state index contributed by atoms with van der Waals surface area (Å²) in [6.07, 6.45) is 0. The standard InChI is InChI=1S/C19H29N3O/c1-15(14-23)11-22(12-16-8-6-5-7-9-16)13-17-10-18(21-20-17)19(2,3)4/h5-10,15,23H,11-14H2,1-4H3,(H,20,21)/t15-/m0/s1. The van der Waals surface area contributed by atoms with Crippen molar-refractivity contribution in [2.75, 3.05) is 13.2 Å². The van der Waals surface area contributed by atoms with Crippen molar-refractivity contribution < 1.29 is 5.11 Å². The minimum atomic E-state index is 0.0530. The summed E-state index contributed by atoms with van der Waals surface area (Å²) < 4.78 is 0. The predicted octanol–water partition coefficient (Wildman–Crippen LogP) is 3.34. The number of nitrogens with zero attached hydrogens (tertiary/aromatic N) is 2. The molecule has 1 aromatic carbocycles. The Morgan fingerprint density at radius 1 is 1.17 bits per heavy atom. The molecule has 126 valence electrons. The number of aromatic nitrogens is 2. The zero-order valence-electron chi connectivity index (χ0n) is 14.7. The minimum Gasteiger partial charge on any atom is -0.396 e. The molecule has 4 nitrogen and oxygen atoms in total. The maximum Gasteiger partial charge on any atom is 0.0678 e. The van der Waals surface area contributed by atoms with Gasteiger partial charge in [0.15, 0.2) is 0 Å². The SMILES string of the molecule is C[C@H](CO)CN(Cc1ccccc1)Cc1cc(C(C)(C)C)n[nH]1. The lowest BCUT2D eigenvalue weighted by Crippen LogP contribution is -2.29. The smallest absolute Gasteiger partial charge is 0.0678 e. The lowest BCUT2D eigenvalue weighted by atomic mass is 9.92. The Morgan fingerprint density at radius 3 is 2.43 bits per heavy atom. The van der Waals surface area contributed by atoms with Gasteiger partial charge in [-0.05, 0) is 17.5 Å². The highest BCUT2D eigenvalue weighted by Crippen LogP contribution is 2.21. The third kappa shape index (κ3) is 5.48. The summed E-state index contributed by atoms with van der Waals surface area (Å²) in [4.78, 5) is 2.36. The van der Waals surface area contributed by atoms with Crippen LogP contribution in [-0.4, -0.2) is 33.4 Å². The van der Waals surface area contributed by atoms with Gasteiger partial charge >= 0.3 is 0 Å². The summed E-state index contributed by atoms with van der Waals surface area (Å²) in [7, 11) is 0. The van der Waals surface area contributed by atoms with Crippen LogP contribution in [0.15, 0.2) is 36.4 Å². The van der Waals surface area contributed by atoms with E-state index in [2.05, 4.69) is 73.1 Å². The largest absolute Gasteiger partial charge is 0.396 e. The van der Waals surface area contributed by atoms with Gasteiger partial charge in [0.25, 0.3) is 0 Å². The fourth-order valence-electron chi connectivity index (χ4n) is 2.59. The zero-order valence-corrected chi connectivity index (χ0v) is 14.7. The van der Waals surface area contributed by atoms with Crippen molar-refractivity contribution in [2.24, 2.45) is 5.92 Å². The maximum atomic E-state index is 9.38. The van der Waals surface area contributed by atoms with Gasteiger partial charge < -0.3 is 5.11 Å². The Balaban J connectivity index is 2.09. The second-order valence-electron chi connectivity index (χ2n) is 7.47. The van der Waals surface area contributed by atoms with Crippen LogP contribution in [0.3, 0.4) is 0 Å². The number of aromatic amines is 1. The van der Waals surface area contributed by atoms with Gasteiger partial charge in [0.05, 0.1) is 5.69 Å². The molecule has 0 amide bonds. The number of H-pyrrole nitrogens is 1. The molecule has 2 aromatic rings. The second-order valence-corrected chi connectivity index (χ2v) is 7.47. The zero-order chi connectivity index (χ0) is 16.9. The van der Waals surface area contributed by atoms with E-state index in [9.17, 15) is 5.11 Å². The number of aliphatic hydroxyl groups is 1. The van der Waals surface area contributed by atoms with Crippen LogP contribution in [0.1, 0.15) is 44.6 Å². The van der Waals surface area contributed by atoms with Gasteiger partial charge in [0.1, 0.15) is 0 Å². The Hall–Kier alpha value is -1.65. The van der Waals surface area contributed by atoms with Crippen molar-refractivity contribution in [2.45, 2.75) is 46.2 Å². The molecule has 2 N–H and O–H groups in total. The van der Waals surface area contributed by atoms with Crippen molar-refractivity contribution in [3.63, 3.8) is 0 Å². The summed E-state index contributed by atoms with van der Waals surface area (Å²) in [5, 5.41) is 17.0. The molecule has 0 aliphatic carbocycles. The fourth-order valence-corrected chi connectivity index (χ4v) is 2.59. The molecule has 2 rings (SSSR count). The lowest BCUT2D eigenvalue weighted by molar-refractivity contribution is 0.162. The first-order chi connectivity index (χ1) is 10.9. The van der Waals surface area contributed by atoms with Crippen LogP contribution in [0.2, 0.25) is 0 Å². The van der Waals surface area contributed by atoms with Gasteiger partial charge in [-0.15, -0.1) is 0 Å². The molecular weight excluding hydrogens is 286 g/mol. The van der Waals surface area contributed by atoms with E-state index in [-0.39, 0.29) is 17.9 Å². The van der Waals surface area contributed by atoms with Crippen molar-refractivity contribution in [3.8, 4) is 0 Å². The van der Waals surface area contributed by atoms with Crippen molar-refractivity contribution in [1.29, 1.82) is 0 Å². The van der Waals surface area contributed by atoms with Crippen LogP contribution in [0.5, 0.6) is 0 Å². The number of benzene rings is 1. The molecule has 0 saturated carbocycles. The van der Waals surface area contributed by atoms with Gasteiger partial charge in [-0.1, -0.05) is 58.0 Å². The second kappa shape index (κ2) is 7.75. The quantitative estimate of drug-likeness (QED) is 0.824. The lowest BCUT2D eigenvalue weighted by Gasteiger charge is -2.24. The topological polar surface area (TPSA) is 52.1 Å². The molecule has 4 heteroatoms. The third-order valence-corrected chi connectivity index (χ3v) is 3.92. The third-order valence-electron chi connectivity index (χ3n) is 3.92. The molecule has 1 heterocycles. The Kier molecular flexibility index (Phi) is 5.97. The van der Waals surface area contributed by atoms with Gasteiger partial charge in [0, 0.05) is 37.4 Å². The number of rotatable bonds is 7. The highest BCUT2D eigenvalue weighted by Gasteiger charge is 2.19. The molecular formula is C19H29N3O. The van der Waals surface area contributed by atoms with Crippen LogP contribution in [0.25, 0.3) is 0 Å². The predicted molar refractivity (Wildman–Crippen MR) is 94.1 cm³/mol. The Morgan fingerprint density at radius 2 is 1.87 bits per heavy atom. The summed E-state index contributed by atoms with van der Waals surface area (Å²) >= 11 is 0. The molecule has 1 aromatic heterocycles. The number of hydrogen-bond donors (Lipinski definition) is 2. The maximum absolute atomic E-state index is 9.38. The molecule has 0 unspecified atom stereocenters. The molecule has 0 aliphatic heterocycles. The van der Waals surface area contributed by atoms with Gasteiger partial charge in [-0.2, -0.15) is 5.10 Å². The highest BCUT2D eigenvalue weighted by atomic mass is 16.3. The molecule has 0 aliphatic rings. The monoisotopic (exact) mass is 315 g/mol. The fraction of sp³-hybridized carbons (Fsp3) is 0.526. The Bertz CT molecular complexity index is 586. The van der Waals surface area contributed by atoms with E-state index < -0.39 is 0 Å². The van der Waals surface area contributed by atoms with E-state index >= 15 is 0 Å². The van der Waals surface area contributed by atoms with Crippen LogP contribution in [-0.2, 0) is 18.5 Å². The van der Waals surface area contributed by atoms with Crippen LogP contribution >= 0.6 is 0 Å². The van der Waals surface area contributed by atoms with Crippen LogP contribution in [0, 0.1) is 5.92 Å². The van der Waals surface area contributed by atoms with E-state index in [4.69, 9.17) is 0 Å². The summed E-state index contributed by atoms with van der Waals surface area (Å²) in [6.45, 7) is 11.3.